The molecule has 120 valence electrons. The lowest BCUT2D eigenvalue weighted by Gasteiger charge is -2.33. The standard InChI is InChI=1S/2C8H16O2/c9-5-7-1-2-8(6-10)4-3-7;9-6-8(7-10)4-2-1-3-5-8/h7-10H,1-6H2;9-10H,1-7H2. The summed E-state index contributed by atoms with van der Waals surface area (Å²) in [5.41, 5.74) is -0.127. The first kappa shape index (κ1) is 17.9. The van der Waals surface area contributed by atoms with Crippen LogP contribution in [-0.2, 0) is 0 Å². The molecule has 0 unspecified atom stereocenters. The average molecular weight is 288 g/mol. The third kappa shape index (κ3) is 5.68. The quantitative estimate of drug-likeness (QED) is 0.635. The minimum atomic E-state index is -0.127. The van der Waals surface area contributed by atoms with Crippen molar-refractivity contribution >= 4 is 0 Å². The summed E-state index contributed by atoms with van der Waals surface area (Å²) >= 11 is 0. The molecule has 0 radical (unpaired) electrons. The van der Waals surface area contributed by atoms with Crippen molar-refractivity contribution in [2.24, 2.45) is 17.3 Å². The molecule has 2 aliphatic carbocycles. The van der Waals surface area contributed by atoms with Gasteiger partial charge in [-0.25, -0.2) is 0 Å². The molecule has 0 heterocycles. The van der Waals surface area contributed by atoms with Gasteiger partial charge < -0.3 is 20.4 Å². The molecule has 0 bridgehead atoms. The van der Waals surface area contributed by atoms with Gasteiger partial charge in [0, 0.05) is 18.6 Å². The lowest BCUT2D eigenvalue weighted by molar-refractivity contribution is 0.0234. The molecule has 20 heavy (non-hydrogen) atoms. The Bertz CT molecular complexity index is 213. The Morgan fingerprint density at radius 2 is 1.05 bits per heavy atom. The smallest absolute Gasteiger partial charge is 0.0509 e. The Morgan fingerprint density at radius 3 is 1.30 bits per heavy atom. The van der Waals surface area contributed by atoms with E-state index in [1.165, 1.54) is 19.3 Å². The summed E-state index contributed by atoms with van der Waals surface area (Å²) in [5.74, 6) is 1.03. The van der Waals surface area contributed by atoms with Gasteiger partial charge in [-0.1, -0.05) is 19.3 Å². The second-order valence-corrected chi connectivity index (χ2v) is 6.63. The zero-order valence-corrected chi connectivity index (χ0v) is 12.6. The molecule has 0 saturated heterocycles. The normalized spacial score (nSPS) is 29.4. The fourth-order valence-electron chi connectivity index (χ4n) is 3.26. The van der Waals surface area contributed by atoms with Gasteiger partial charge in [0.1, 0.15) is 0 Å². The average Bonchev–Trinajstić information content (AvgIpc) is 2.56. The van der Waals surface area contributed by atoms with E-state index in [0.29, 0.717) is 25.0 Å². The van der Waals surface area contributed by atoms with Crippen LogP contribution in [0.5, 0.6) is 0 Å². The third-order valence-electron chi connectivity index (χ3n) is 5.07. The van der Waals surface area contributed by atoms with Gasteiger partial charge >= 0.3 is 0 Å². The molecular weight excluding hydrogens is 256 g/mol. The predicted molar refractivity (Wildman–Crippen MR) is 79.3 cm³/mol. The van der Waals surface area contributed by atoms with Gasteiger partial charge in [0.05, 0.1) is 13.2 Å². The molecule has 0 atom stereocenters. The summed E-state index contributed by atoms with van der Waals surface area (Å²) in [6.45, 7) is 0.975. The summed E-state index contributed by atoms with van der Waals surface area (Å²) < 4.78 is 0. The predicted octanol–water partition coefficient (Wildman–Crippen LogP) is 1.70. The van der Waals surface area contributed by atoms with Crippen molar-refractivity contribution in [1.29, 1.82) is 0 Å². The number of aliphatic hydroxyl groups excluding tert-OH is 4. The summed E-state index contributed by atoms with van der Waals surface area (Å²) in [6.07, 6.45) is 10.00. The second kappa shape index (κ2) is 9.72. The van der Waals surface area contributed by atoms with Gasteiger partial charge in [-0.15, -0.1) is 0 Å². The van der Waals surface area contributed by atoms with E-state index < -0.39 is 0 Å². The highest BCUT2D eigenvalue weighted by atomic mass is 16.3. The largest absolute Gasteiger partial charge is 0.396 e. The Kier molecular flexibility index (Phi) is 8.69. The van der Waals surface area contributed by atoms with Crippen LogP contribution < -0.4 is 0 Å². The summed E-state index contributed by atoms with van der Waals surface area (Å²) in [5, 5.41) is 35.5. The van der Waals surface area contributed by atoms with Gasteiger partial charge in [-0.3, -0.25) is 0 Å². The lowest BCUT2D eigenvalue weighted by Crippen LogP contribution is -2.31. The van der Waals surface area contributed by atoms with Gasteiger partial charge in [-0.05, 0) is 50.4 Å². The van der Waals surface area contributed by atoms with Gasteiger partial charge in [-0.2, -0.15) is 0 Å². The summed E-state index contributed by atoms with van der Waals surface area (Å²) in [4.78, 5) is 0. The van der Waals surface area contributed by atoms with E-state index in [1.807, 2.05) is 0 Å². The van der Waals surface area contributed by atoms with Crippen LogP contribution in [0, 0.1) is 17.3 Å². The Labute approximate surface area is 122 Å². The van der Waals surface area contributed by atoms with Crippen molar-refractivity contribution in [2.45, 2.75) is 57.8 Å². The zero-order valence-electron chi connectivity index (χ0n) is 12.6. The maximum atomic E-state index is 8.98. The van der Waals surface area contributed by atoms with Crippen LogP contribution in [0.2, 0.25) is 0 Å². The number of rotatable bonds is 4. The van der Waals surface area contributed by atoms with E-state index in [4.69, 9.17) is 20.4 Å². The molecule has 4 nitrogen and oxygen atoms in total. The Hall–Kier alpha value is -0.160. The SMILES string of the molecule is OCC1(CO)CCCCC1.OCC1CCC(CO)CC1. The third-order valence-corrected chi connectivity index (χ3v) is 5.07. The van der Waals surface area contributed by atoms with Crippen molar-refractivity contribution in [3.05, 3.63) is 0 Å². The van der Waals surface area contributed by atoms with Crippen molar-refractivity contribution < 1.29 is 20.4 Å². The van der Waals surface area contributed by atoms with E-state index in [1.54, 1.807) is 0 Å². The molecule has 2 aliphatic rings. The topological polar surface area (TPSA) is 80.9 Å². The highest BCUT2D eigenvalue weighted by Gasteiger charge is 2.30. The molecule has 0 spiro atoms. The van der Waals surface area contributed by atoms with E-state index in [0.717, 1.165) is 38.5 Å². The van der Waals surface area contributed by atoms with Crippen molar-refractivity contribution in [3.63, 3.8) is 0 Å². The highest BCUT2D eigenvalue weighted by molar-refractivity contribution is 4.81. The van der Waals surface area contributed by atoms with E-state index in [-0.39, 0.29) is 18.6 Å². The maximum absolute atomic E-state index is 8.98. The molecule has 4 heteroatoms. The van der Waals surface area contributed by atoms with Crippen LogP contribution >= 0.6 is 0 Å². The maximum Gasteiger partial charge on any atom is 0.0509 e. The fourth-order valence-corrected chi connectivity index (χ4v) is 3.26. The molecule has 0 aliphatic heterocycles. The minimum absolute atomic E-state index is 0.127. The molecule has 2 rings (SSSR count). The van der Waals surface area contributed by atoms with Crippen molar-refractivity contribution in [3.8, 4) is 0 Å². The first-order valence-corrected chi connectivity index (χ1v) is 8.13. The molecule has 4 N–H and O–H groups in total. The van der Waals surface area contributed by atoms with Gasteiger partial charge in [0.15, 0.2) is 0 Å². The molecular formula is C16H32O4. The molecule has 0 aromatic rings. The molecule has 2 saturated carbocycles. The molecule has 2 fully saturated rings. The summed E-state index contributed by atoms with van der Waals surface area (Å²) in [6, 6.07) is 0. The van der Waals surface area contributed by atoms with Crippen LogP contribution in [0.15, 0.2) is 0 Å². The van der Waals surface area contributed by atoms with Crippen LogP contribution in [0.3, 0.4) is 0 Å². The van der Waals surface area contributed by atoms with E-state index in [9.17, 15) is 0 Å². The first-order valence-electron chi connectivity index (χ1n) is 8.13. The van der Waals surface area contributed by atoms with Crippen LogP contribution in [-0.4, -0.2) is 46.9 Å². The van der Waals surface area contributed by atoms with Gasteiger partial charge in [0.2, 0.25) is 0 Å². The molecule has 0 aromatic carbocycles. The Morgan fingerprint density at radius 1 is 0.650 bits per heavy atom. The van der Waals surface area contributed by atoms with E-state index >= 15 is 0 Å². The lowest BCUT2D eigenvalue weighted by atomic mass is 9.75. The van der Waals surface area contributed by atoms with Crippen LogP contribution in [0.25, 0.3) is 0 Å². The summed E-state index contributed by atoms with van der Waals surface area (Å²) in [7, 11) is 0. The molecule has 0 amide bonds. The van der Waals surface area contributed by atoms with Crippen molar-refractivity contribution in [1.82, 2.24) is 0 Å². The number of aliphatic hydroxyl groups is 4. The van der Waals surface area contributed by atoms with Crippen LogP contribution in [0.4, 0.5) is 0 Å². The highest BCUT2D eigenvalue weighted by Crippen LogP contribution is 2.34. The van der Waals surface area contributed by atoms with Crippen LogP contribution in [0.1, 0.15) is 57.8 Å². The minimum Gasteiger partial charge on any atom is -0.396 e. The zero-order chi connectivity index (χ0) is 14.8. The second-order valence-electron chi connectivity index (χ2n) is 6.63. The number of hydrogen-bond donors (Lipinski definition) is 4. The van der Waals surface area contributed by atoms with Gasteiger partial charge in [0.25, 0.3) is 0 Å². The number of hydrogen-bond acceptors (Lipinski definition) is 4. The monoisotopic (exact) mass is 288 g/mol. The molecule has 0 aromatic heterocycles. The fraction of sp³-hybridized carbons (Fsp3) is 1.00. The van der Waals surface area contributed by atoms with Crippen molar-refractivity contribution in [2.75, 3.05) is 26.4 Å². The Balaban J connectivity index is 0.000000200. The first-order chi connectivity index (χ1) is 9.69. The van der Waals surface area contributed by atoms with E-state index in [2.05, 4.69) is 0 Å².